The van der Waals surface area contributed by atoms with Crippen LogP contribution in [0.2, 0.25) is 0 Å². The van der Waals surface area contributed by atoms with Crippen molar-refractivity contribution in [3.8, 4) is 11.3 Å². The summed E-state index contributed by atoms with van der Waals surface area (Å²) in [5, 5.41) is 8.65. The van der Waals surface area contributed by atoms with Gasteiger partial charge in [0.25, 0.3) is 5.56 Å². The summed E-state index contributed by atoms with van der Waals surface area (Å²) in [7, 11) is 0. The van der Waals surface area contributed by atoms with Crippen LogP contribution in [0.15, 0.2) is 76.3 Å². The molecule has 164 valence electrons. The molecule has 1 aliphatic rings. The van der Waals surface area contributed by atoms with Crippen molar-refractivity contribution >= 4 is 11.2 Å². The summed E-state index contributed by atoms with van der Waals surface area (Å²) in [6.07, 6.45) is 4.49. The van der Waals surface area contributed by atoms with Gasteiger partial charge in [-0.05, 0) is 31.0 Å². The molecule has 2 aromatic carbocycles. The summed E-state index contributed by atoms with van der Waals surface area (Å²) >= 11 is 0. The van der Waals surface area contributed by atoms with E-state index in [2.05, 4.69) is 38.3 Å². The Morgan fingerprint density at radius 1 is 1.03 bits per heavy atom. The van der Waals surface area contributed by atoms with Gasteiger partial charge in [-0.2, -0.15) is 10.1 Å². The lowest BCUT2D eigenvalue weighted by atomic mass is 10.1. The lowest BCUT2D eigenvalue weighted by molar-refractivity contribution is 0.370. The van der Waals surface area contributed by atoms with E-state index in [-0.39, 0.29) is 12.1 Å². The van der Waals surface area contributed by atoms with E-state index < -0.39 is 0 Å². The predicted octanol–water partition coefficient (Wildman–Crippen LogP) is 3.47. The highest BCUT2D eigenvalue weighted by Gasteiger charge is 2.21. The highest BCUT2D eigenvalue weighted by atomic mass is 16.5. The first-order chi connectivity index (χ1) is 16.1. The van der Waals surface area contributed by atoms with Crippen LogP contribution in [0.25, 0.3) is 16.8 Å². The minimum atomic E-state index is -0.150. The molecule has 0 aliphatic carbocycles. The second kappa shape index (κ2) is 7.74. The number of rotatable bonds is 5. The van der Waals surface area contributed by atoms with E-state index in [9.17, 15) is 4.79 Å². The van der Waals surface area contributed by atoms with Crippen LogP contribution in [0.1, 0.15) is 22.8 Å². The second-order valence-electron chi connectivity index (χ2n) is 8.36. The van der Waals surface area contributed by atoms with Gasteiger partial charge in [0.2, 0.25) is 5.89 Å². The molecule has 0 spiro atoms. The first kappa shape index (κ1) is 19.5. The fraction of sp³-hybridized carbons (Fsp3) is 0.200. The fourth-order valence-corrected chi connectivity index (χ4v) is 4.32. The Kier molecular flexibility index (Phi) is 4.57. The lowest BCUT2D eigenvalue weighted by Crippen LogP contribution is -2.22. The van der Waals surface area contributed by atoms with Crippen LogP contribution in [-0.4, -0.2) is 30.9 Å². The van der Waals surface area contributed by atoms with Crippen molar-refractivity contribution in [1.82, 2.24) is 24.3 Å². The molecule has 0 atom stereocenters. The molecule has 0 fully saturated rings. The maximum absolute atomic E-state index is 13.1. The van der Waals surface area contributed by atoms with E-state index in [1.807, 2.05) is 43.3 Å². The van der Waals surface area contributed by atoms with Crippen molar-refractivity contribution < 1.29 is 4.52 Å². The van der Waals surface area contributed by atoms with E-state index >= 15 is 0 Å². The highest BCUT2D eigenvalue weighted by molar-refractivity contribution is 5.65. The third-order valence-corrected chi connectivity index (χ3v) is 6.08. The zero-order valence-corrected chi connectivity index (χ0v) is 18.2. The average molecular weight is 438 g/mol. The van der Waals surface area contributed by atoms with Gasteiger partial charge in [-0.1, -0.05) is 53.2 Å². The van der Waals surface area contributed by atoms with E-state index in [0.29, 0.717) is 23.8 Å². The van der Waals surface area contributed by atoms with Crippen LogP contribution >= 0.6 is 0 Å². The van der Waals surface area contributed by atoms with Gasteiger partial charge in [-0.15, -0.1) is 0 Å². The molecule has 3 aromatic heterocycles. The number of hydrogen-bond donors (Lipinski definition) is 0. The van der Waals surface area contributed by atoms with Crippen LogP contribution < -0.4 is 10.5 Å². The number of benzene rings is 2. The third-order valence-electron chi connectivity index (χ3n) is 6.08. The molecule has 33 heavy (non-hydrogen) atoms. The molecule has 6 rings (SSSR count). The minimum Gasteiger partial charge on any atom is -0.362 e. The molecule has 0 unspecified atom stereocenters. The lowest BCUT2D eigenvalue weighted by Gasteiger charge is -2.16. The van der Waals surface area contributed by atoms with Crippen molar-refractivity contribution in [2.75, 3.05) is 11.4 Å². The molecule has 8 nitrogen and oxygen atoms in total. The molecule has 0 N–H and O–H groups in total. The highest BCUT2D eigenvalue weighted by Crippen LogP contribution is 2.28. The Morgan fingerprint density at radius 2 is 1.88 bits per heavy atom. The SMILES string of the molecule is Cc1ccc(-c2cc3c(=O)n(Cc4noc(CN5CCc6ccccc65)n4)ccn3n2)cc1. The van der Waals surface area contributed by atoms with E-state index in [1.54, 1.807) is 21.5 Å². The molecule has 0 saturated carbocycles. The summed E-state index contributed by atoms with van der Waals surface area (Å²) in [5.41, 5.74) is 5.82. The summed E-state index contributed by atoms with van der Waals surface area (Å²) in [4.78, 5) is 19.8. The van der Waals surface area contributed by atoms with Crippen LogP contribution in [0.4, 0.5) is 5.69 Å². The van der Waals surface area contributed by atoms with E-state index in [1.165, 1.54) is 16.8 Å². The van der Waals surface area contributed by atoms with Gasteiger partial charge in [0, 0.05) is 30.2 Å². The first-order valence-corrected chi connectivity index (χ1v) is 10.9. The molecule has 8 heteroatoms. The molecule has 0 bridgehead atoms. The predicted molar refractivity (Wildman–Crippen MR) is 124 cm³/mol. The minimum absolute atomic E-state index is 0.150. The number of para-hydroxylation sites is 1. The Bertz CT molecular complexity index is 1510. The maximum atomic E-state index is 13.1. The zero-order valence-electron chi connectivity index (χ0n) is 18.2. The van der Waals surface area contributed by atoms with Crippen molar-refractivity contribution in [3.05, 3.63) is 100 Å². The number of aromatic nitrogens is 5. The van der Waals surface area contributed by atoms with Crippen LogP contribution in [0.5, 0.6) is 0 Å². The van der Waals surface area contributed by atoms with Gasteiger partial charge in [-0.25, -0.2) is 4.52 Å². The van der Waals surface area contributed by atoms with Gasteiger partial charge >= 0.3 is 0 Å². The second-order valence-corrected chi connectivity index (χ2v) is 8.36. The van der Waals surface area contributed by atoms with Gasteiger partial charge < -0.3 is 14.0 Å². The van der Waals surface area contributed by atoms with Gasteiger partial charge in [0.1, 0.15) is 5.52 Å². The molecule has 5 aromatic rings. The third kappa shape index (κ3) is 3.59. The standard InChI is InChI=1S/C25H22N6O2/c1-17-6-8-18(9-7-17)20-14-22-25(32)30(12-13-31(22)27-20)15-23-26-24(33-28-23)16-29-11-10-19-4-2-3-5-21(19)29/h2-9,12-14H,10-11,15-16H2,1H3. The molecule has 4 heterocycles. The van der Waals surface area contributed by atoms with Crippen molar-refractivity contribution in [3.63, 3.8) is 0 Å². The molecular formula is C25H22N6O2. The van der Waals surface area contributed by atoms with Crippen LogP contribution in [0.3, 0.4) is 0 Å². The summed E-state index contributed by atoms with van der Waals surface area (Å²) in [6.45, 7) is 3.76. The van der Waals surface area contributed by atoms with E-state index in [4.69, 9.17) is 4.52 Å². The first-order valence-electron chi connectivity index (χ1n) is 10.9. The summed E-state index contributed by atoms with van der Waals surface area (Å²) < 4.78 is 8.67. The number of hydrogen-bond acceptors (Lipinski definition) is 6. The smallest absolute Gasteiger partial charge is 0.277 e. The Morgan fingerprint density at radius 3 is 2.76 bits per heavy atom. The van der Waals surface area contributed by atoms with Crippen molar-refractivity contribution in [2.24, 2.45) is 0 Å². The molecule has 0 amide bonds. The molecular weight excluding hydrogens is 416 g/mol. The Balaban J connectivity index is 1.23. The summed E-state index contributed by atoms with van der Waals surface area (Å²) in [5.74, 6) is 1.02. The Labute approximate surface area is 189 Å². The quantitative estimate of drug-likeness (QED) is 0.418. The average Bonchev–Trinajstić information content (AvgIpc) is 3.56. The normalized spacial score (nSPS) is 13.1. The van der Waals surface area contributed by atoms with Gasteiger partial charge in [0.05, 0.1) is 18.8 Å². The van der Waals surface area contributed by atoms with Crippen LogP contribution in [0, 0.1) is 6.92 Å². The number of fused-ring (bicyclic) bond motifs is 2. The van der Waals surface area contributed by atoms with Crippen molar-refractivity contribution in [1.29, 1.82) is 0 Å². The largest absolute Gasteiger partial charge is 0.362 e. The zero-order chi connectivity index (χ0) is 22.4. The molecule has 0 saturated heterocycles. The van der Waals surface area contributed by atoms with Gasteiger partial charge in [0.15, 0.2) is 5.82 Å². The monoisotopic (exact) mass is 438 g/mol. The summed E-state index contributed by atoms with van der Waals surface area (Å²) in [6, 6.07) is 18.3. The topological polar surface area (TPSA) is 81.5 Å². The fourth-order valence-electron chi connectivity index (χ4n) is 4.32. The number of nitrogens with zero attached hydrogens (tertiary/aromatic N) is 6. The number of aryl methyl sites for hydroxylation is 1. The van der Waals surface area contributed by atoms with Crippen LogP contribution in [-0.2, 0) is 19.5 Å². The van der Waals surface area contributed by atoms with Gasteiger partial charge in [-0.3, -0.25) is 4.79 Å². The molecule has 0 radical (unpaired) electrons. The number of anilines is 1. The maximum Gasteiger partial charge on any atom is 0.277 e. The molecule has 1 aliphatic heterocycles. The van der Waals surface area contributed by atoms with Crippen molar-refractivity contribution in [2.45, 2.75) is 26.4 Å². The Hall–Kier alpha value is -4.20. The van der Waals surface area contributed by atoms with E-state index in [0.717, 1.165) is 24.2 Å².